The quantitative estimate of drug-likeness (QED) is 0.413. The van der Waals surface area contributed by atoms with Gasteiger partial charge in [-0.05, 0) is 34.7 Å². The van der Waals surface area contributed by atoms with Gasteiger partial charge in [0.1, 0.15) is 18.1 Å². The zero-order valence-electron chi connectivity index (χ0n) is 16.2. The molecule has 0 bridgehead atoms. The Morgan fingerprint density at radius 1 is 1.10 bits per heavy atom. The van der Waals surface area contributed by atoms with Crippen LogP contribution in [0, 0.1) is 0 Å². The van der Waals surface area contributed by atoms with E-state index >= 15 is 0 Å². The van der Waals surface area contributed by atoms with Crippen molar-refractivity contribution in [2.45, 2.75) is 18.9 Å². The van der Waals surface area contributed by atoms with Gasteiger partial charge in [-0.2, -0.15) is 0 Å². The van der Waals surface area contributed by atoms with E-state index in [1.165, 1.54) is 21.2 Å². The van der Waals surface area contributed by atoms with Gasteiger partial charge in [0.05, 0.1) is 13.0 Å². The molecule has 150 valence electrons. The number of fused-ring (bicyclic) bond motifs is 2. The first-order valence-electron chi connectivity index (χ1n) is 9.84. The van der Waals surface area contributed by atoms with Gasteiger partial charge < -0.3 is 14.6 Å². The van der Waals surface area contributed by atoms with Crippen molar-refractivity contribution in [1.29, 1.82) is 0 Å². The summed E-state index contributed by atoms with van der Waals surface area (Å²) < 4.78 is 13.0. The van der Waals surface area contributed by atoms with Crippen LogP contribution in [-0.4, -0.2) is 17.7 Å². The third-order valence-corrected chi connectivity index (χ3v) is 6.37. The van der Waals surface area contributed by atoms with Crippen LogP contribution in [0.1, 0.15) is 23.5 Å². The summed E-state index contributed by atoms with van der Waals surface area (Å²) in [7, 11) is 0. The highest BCUT2D eigenvalue weighted by atomic mass is 32.1. The van der Waals surface area contributed by atoms with Crippen LogP contribution in [0.25, 0.3) is 21.2 Å². The molecular weight excluding hydrogens is 396 g/mol. The number of carboxylic acids is 1. The molecule has 3 aromatic carbocycles. The van der Waals surface area contributed by atoms with Gasteiger partial charge in [-0.3, -0.25) is 4.79 Å². The lowest BCUT2D eigenvalue weighted by atomic mass is 9.98. The Kier molecular flexibility index (Phi) is 4.89. The molecule has 0 radical (unpaired) electrons. The fourth-order valence-corrected chi connectivity index (χ4v) is 4.89. The average molecular weight is 416 g/mol. The molecule has 2 heterocycles. The molecule has 0 spiro atoms. The van der Waals surface area contributed by atoms with Crippen LogP contribution >= 0.6 is 11.3 Å². The summed E-state index contributed by atoms with van der Waals surface area (Å²) in [6.45, 7) is 0.856. The van der Waals surface area contributed by atoms with Crippen molar-refractivity contribution in [3.63, 3.8) is 0 Å². The molecule has 0 fully saturated rings. The highest BCUT2D eigenvalue weighted by molar-refractivity contribution is 7.17. The lowest BCUT2D eigenvalue weighted by Crippen LogP contribution is -2.07. The zero-order valence-corrected chi connectivity index (χ0v) is 17.0. The Labute approximate surface area is 178 Å². The fourth-order valence-electron chi connectivity index (χ4n) is 3.92. The molecule has 0 amide bonds. The molecule has 1 aliphatic rings. The van der Waals surface area contributed by atoms with Crippen molar-refractivity contribution in [1.82, 2.24) is 0 Å². The number of benzene rings is 3. The van der Waals surface area contributed by atoms with Crippen molar-refractivity contribution < 1.29 is 19.4 Å². The molecule has 4 nitrogen and oxygen atoms in total. The van der Waals surface area contributed by atoms with Gasteiger partial charge >= 0.3 is 5.97 Å². The first-order valence-corrected chi connectivity index (χ1v) is 10.7. The minimum Gasteiger partial charge on any atom is -0.492 e. The van der Waals surface area contributed by atoms with Crippen LogP contribution < -0.4 is 9.47 Å². The standard InChI is InChI=1S/C25H20O4S/c26-25(27)11-18-14-29-23-12-19(8-9-20(18)23)28-13-16-4-3-5-17(10-16)22-15-30-24-7-2-1-6-21(22)24/h1-10,12,15,18H,11,13-14H2,(H,26,27). The largest absolute Gasteiger partial charge is 0.492 e. The van der Waals surface area contributed by atoms with Crippen LogP contribution in [0.15, 0.2) is 72.1 Å². The summed E-state index contributed by atoms with van der Waals surface area (Å²) >= 11 is 1.76. The molecule has 0 aliphatic carbocycles. The predicted molar refractivity (Wildman–Crippen MR) is 119 cm³/mol. The maximum absolute atomic E-state index is 11.0. The van der Waals surface area contributed by atoms with E-state index < -0.39 is 5.97 Å². The molecule has 4 aromatic rings. The van der Waals surface area contributed by atoms with E-state index in [1.54, 1.807) is 11.3 Å². The van der Waals surface area contributed by atoms with Gasteiger partial charge in [0.25, 0.3) is 0 Å². The minimum atomic E-state index is -0.810. The molecule has 1 aliphatic heterocycles. The maximum atomic E-state index is 11.0. The van der Waals surface area contributed by atoms with Crippen molar-refractivity contribution in [3.8, 4) is 22.6 Å². The molecule has 1 atom stereocenters. The summed E-state index contributed by atoms with van der Waals surface area (Å²) in [6, 6.07) is 22.5. The molecule has 0 saturated carbocycles. The zero-order chi connectivity index (χ0) is 20.5. The number of ether oxygens (including phenoxy) is 2. The average Bonchev–Trinajstić information content (AvgIpc) is 3.36. The summed E-state index contributed by atoms with van der Waals surface area (Å²) in [4.78, 5) is 11.0. The maximum Gasteiger partial charge on any atom is 0.304 e. The van der Waals surface area contributed by atoms with E-state index in [4.69, 9.17) is 14.6 Å². The van der Waals surface area contributed by atoms with E-state index in [-0.39, 0.29) is 12.3 Å². The lowest BCUT2D eigenvalue weighted by Gasteiger charge is -2.10. The highest BCUT2D eigenvalue weighted by Gasteiger charge is 2.26. The number of rotatable bonds is 6. The second kappa shape index (κ2) is 7.84. The normalized spacial score (nSPS) is 15.0. The topological polar surface area (TPSA) is 55.8 Å². The first kappa shape index (κ1) is 18.7. The van der Waals surface area contributed by atoms with Crippen LogP contribution in [-0.2, 0) is 11.4 Å². The second-order valence-electron chi connectivity index (χ2n) is 7.44. The van der Waals surface area contributed by atoms with E-state index in [9.17, 15) is 4.79 Å². The highest BCUT2D eigenvalue weighted by Crippen LogP contribution is 2.38. The third-order valence-electron chi connectivity index (χ3n) is 5.41. The number of thiophene rings is 1. The van der Waals surface area contributed by atoms with E-state index in [1.807, 2.05) is 18.2 Å². The van der Waals surface area contributed by atoms with E-state index in [0.717, 1.165) is 22.6 Å². The Balaban J connectivity index is 1.32. The molecular formula is C25H20O4S. The molecule has 5 rings (SSSR count). The summed E-state index contributed by atoms with van der Waals surface area (Å²) in [6.07, 6.45) is 0.0806. The van der Waals surface area contributed by atoms with Crippen molar-refractivity contribution in [2.24, 2.45) is 0 Å². The van der Waals surface area contributed by atoms with Gasteiger partial charge in [0, 0.05) is 33.2 Å². The van der Waals surface area contributed by atoms with Crippen LogP contribution in [0.4, 0.5) is 0 Å². The SMILES string of the molecule is O=C(O)CC1COc2cc(OCc3cccc(-c4csc5ccccc45)c3)ccc21. The van der Waals surface area contributed by atoms with Gasteiger partial charge in [0.2, 0.25) is 0 Å². The van der Waals surface area contributed by atoms with Gasteiger partial charge in [-0.1, -0.05) is 42.5 Å². The molecule has 1 N–H and O–H groups in total. The number of hydrogen-bond donors (Lipinski definition) is 1. The van der Waals surface area contributed by atoms with Crippen molar-refractivity contribution in [3.05, 3.63) is 83.2 Å². The molecule has 0 saturated heterocycles. The number of aliphatic carboxylic acids is 1. The molecule has 30 heavy (non-hydrogen) atoms. The lowest BCUT2D eigenvalue weighted by molar-refractivity contribution is -0.137. The van der Waals surface area contributed by atoms with Gasteiger partial charge in [-0.15, -0.1) is 11.3 Å². The Hall–Kier alpha value is -3.31. The van der Waals surface area contributed by atoms with Gasteiger partial charge in [0.15, 0.2) is 0 Å². The summed E-state index contributed by atoms with van der Waals surface area (Å²) in [5, 5.41) is 12.5. The van der Waals surface area contributed by atoms with Crippen LogP contribution in [0.3, 0.4) is 0 Å². The molecule has 5 heteroatoms. The van der Waals surface area contributed by atoms with Crippen molar-refractivity contribution >= 4 is 27.4 Å². The number of hydrogen-bond acceptors (Lipinski definition) is 4. The fraction of sp³-hybridized carbons (Fsp3) is 0.160. The Morgan fingerprint density at radius 3 is 2.90 bits per heavy atom. The summed E-state index contributed by atoms with van der Waals surface area (Å²) in [5.41, 5.74) is 4.46. The molecule has 1 unspecified atom stereocenters. The van der Waals surface area contributed by atoms with Crippen LogP contribution in [0.5, 0.6) is 11.5 Å². The number of carbonyl (C=O) groups is 1. The Morgan fingerprint density at radius 2 is 2.00 bits per heavy atom. The predicted octanol–water partition coefficient (Wildman–Crippen LogP) is 6.10. The third kappa shape index (κ3) is 3.64. The number of carboxylic acid groups (broad SMARTS) is 1. The van der Waals surface area contributed by atoms with E-state index in [2.05, 4.69) is 53.9 Å². The Bertz CT molecular complexity index is 1230. The van der Waals surface area contributed by atoms with E-state index in [0.29, 0.717) is 13.2 Å². The summed E-state index contributed by atoms with van der Waals surface area (Å²) in [5.74, 6) is 0.534. The smallest absolute Gasteiger partial charge is 0.304 e. The van der Waals surface area contributed by atoms with Crippen molar-refractivity contribution in [2.75, 3.05) is 6.61 Å². The van der Waals surface area contributed by atoms with Gasteiger partial charge in [-0.25, -0.2) is 0 Å². The minimum absolute atomic E-state index is 0.0806. The second-order valence-corrected chi connectivity index (χ2v) is 8.35. The first-order chi connectivity index (χ1) is 14.7. The molecule has 1 aromatic heterocycles. The monoisotopic (exact) mass is 416 g/mol. The van der Waals surface area contributed by atoms with Crippen LogP contribution in [0.2, 0.25) is 0 Å².